The van der Waals surface area contributed by atoms with Crippen molar-refractivity contribution in [1.82, 2.24) is 19.5 Å². The van der Waals surface area contributed by atoms with Crippen molar-refractivity contribution < 1.29 is 0 Å². The highest BCUT2D eigenvalue weighted by atomic mass is 15.2. The van der Waals surface area contributed by atoms with Crippen LogP contribution in [0.5, 0.6) is 0 Å². The second-order valence-electron chi connectivity index (χ2n) is 12.0. The summed E-state index contributed by atoms with van der Waals surface area (Å²) in [7, 11) is 0. The smallest absolute Gasteiger partial charge is 0.238 e. The van der Waals surface area contributed by atoms with Gasteiger partial charge in [-0.25, -0.2) is 4.98 Å². The normalized spacial score (nSPS) is 11.8. The fraction of sp³-hybridized carbons (Fsp3) is 0. The summed E-state index contributed by atoms with van der Waals surface area (Å²) in [6.07, 6.45) is 0. The molecule has 47 heavy (non-hydrogen) atoms. The molecule has 10 rings (SSSR count). The molecule has 0 unspecified atom stereocenters. The Kier molecular flexibility index (Phi) is 5.54. The van der Waals surface area contributed by atoms with Gasteiger partial charge in [-0.3, -0.25) is 4.57 Å². The Morgan fingerprint density at radius 2 is 1.04 bits per heavy atom. The van der Waals surface area contributed by atoms with E-state index >= 15 is 0 Å². The molecule has 218 valence electrons. The molecule has 0 aliphatic heterocycles. The number of fused-ring (bicyclic) bond motifs is 7. The number of hydrogen-bond acceptors (Lipinski definition) is 3. The third kappa shape index (κ3) is 3.92. The van der Waals surface area contributed by atoms with Crippen LogP contribution in [0.1, 0.15) is 0 Å². The van der Waals surface area contributed by atoms with Crippen LogP contribution < -0.4 is 0 Å². The fourth-order valence-electron chi connectivity index (χ4n) is 7.31. The molecule has 0 N–H and O–H groups in total. The van der Waals surface area contributed by atoms with Crippen molar-refractivity contribution in [2.24, 2.45) is 0 Å². The Morgan fingerprint density at radius 3 is 1.85 bits per heavy atom. The highest BCUT2D eigenvalue weighted by molar-refractivity contribution is 6.24. The lowest BCUT2D eigenvalue weighted by atomic mass is 10.0. The third-order valence-corrected chi connectivity index (χ3v) is 9.38. The number of nitrogens with zero attached hydrogens (tertiary/aromatic N) is 4. The molecule has 1 aliphatic rings. The zero-order valence-electron chi connectivity index (χ0n) is 25.3. The molecule has 7 aromatic carbocycles. The minimum Gasteiger partial charge on any atom is -0.277 e. The Bertz CT molecular complexity index is 2670. The molecular weight excluding hydrogens is 573 g/mol. The molecule has 0 saturated carbocycles. The van der Waals surface area contributed by atoms with Gasteiger partial charge in [0.25, 0.3) is 0 Å². The van der Waals surface area contributed by atoms with Crippen LogP contribution in [-0.2, 0) is 0 Å². The van der Waals surface area contributed by atoms with Crippen LogP contribution in [0.15, 0.2) is 158 Å². The van der Waals surface area contributed by atoms with E-state index in [1.54, 1.807) is 0 Å². The summed E-state index contributed by atoms with van der Waals surface area (Å²) in [5.41, 5.74) is 11.3. The van der Waals surface area contributed by atoms with Crippen molar-refractivity contribution >= 4 is 32.6 Å². The predicted molar refractivity (Wildman–Crippen MR) is 192 cm³/mol. The number of aromatic nitrogens is 4. The van der Waals surface area contributed by atoms with Crippen molar-refractivity contribution in [1.29, 1.82) is 0 Å². The molecule has 1 aliphatic carbocycles. The molecular formula is C43H26N4. The number of rotatable bonds is 4. The van der Waals surface area contributed by atoms with Crippen LogP contribution >= 0.6 is 0 Å². The van der Waals surface area contributed by atoms with Crippen LogP contribution in [-0.4, -0.2) is 19.5 Å². The molecule has 0 amide bonds. The van der Waals surface area contributed by atoms with Gasteiger partial charge in [0.1, 0.15) is 0 Å². The van der Waals surface area contributed by atoms with E-state index < -0.39 is 0 Å². The minimum absolute atomic E-state index is 0.599. The maximum Gasteiger partial charge on any atom is 0.238 e. The van der Waals surface area contributed by atoms with Crippen molar-refractivity contribution in [3.63, 3.8) is 0 Å². The molecule has 0 fully saturated rings. The average Bonchev–Trinajstić information content (AvgIpc) is 3.66. The van der Waals surface area contributed by atoms with E-state index in [9.17, 15) is 0 Å². The van der Waals surface area contributed by atoms with Crippen molar-refractivity contribution in [2.75, 3.05) is 0 Å². The standard InChI is InChI=1S/C43H26N4/c1-3-12-27(13-4-1)30-18-9-19-31(26-30)42-44-41(29-14-5-2-6-15-29)45-43(46-42)47-37-23-8-7-20-32(37)35-25-24-34-33-21-10-16-28-17-11-22-36(38(28)33)39(34)40(35)47/h1-26H. The lowest BCUT2D eigenvalue weighted by Gasteiger charge is -2.13. The van der Waals surface area contributed by atoms with Gasteiger partial charge in [-0.05, 0) is 50.7 Å². The summed E-state index contributed by atoms with van der Waals surface area (Å²) in [5, 5.41) is 4.90. The molecule has 0 saturated heterocycles. The molecule has 0 spiro atoms. The monoisotopic (exact) mass is 598 g/mol. The van der Waals surface area contributed by atoms with Crippen molar-refractivity contribution in [2.45, 2.75) is 0 Å². The lowest BCUT2D eigenvalue weighted by Crippen LogP contribution is -2.07. The van der Waals surface area contributed by atoms with E-state index in [2.05, 4.69) is 138 Å². The molecule has 4 nitrogen and oxygen atoms in total. The summed E-state index contributed by atoms with van der Waals surface area (Å²) in [6, 6.07) is 55.4. The first-order chi connectivity index (χ1) is 23.3. The van der Waals surface area contributed by atoms with Crippen LogP contribution in [0.4, 0.5) is 0 Å². The van der Waals surface area contributed by atoms with Crippen LogP contribution in [0.2, 0.25) is 0 Å². The zero-order chi connectivity index (χ0) is 30.9. The van der Waals surface area contributed by atoms with Gasteiger partial charge in [-0.1, -0.05) is 146 Å². The molecule has 0 bridgehead atoms. The zero-order valence-corrected chi connectivity index (χ0v) is 25.3. The summed E-state index contributed by atoms with van der Waals surface area (Å²) < 4.78 is 2.26. The second-order valence-corrected chi connectivity index (χ2v) is 12.0. The minimum atomic E-state index is 0.599. The Balaban J connectivity index is 1.30. The van der Waals surface area contributed by atoms with E-state index in [1.165, 1.54) is 43.8 Å². The number of para-hydroxylation sites is 1. The quantitative estimate of drug-likeness (QED) is 0.202. The van der Waals surface area contributed by atoms with Gasteiger partial charge in [-0.2, -0.15) is 9.97 Å². The molecule has 9 aromatic rings. The van der Waals surface area contributed by atoms with Gasteiger partial charge in [0.2, 0.25) is 5.95 Å². The number of hydrogen-bond donors (Lipinski definition) is 0. The van der Waals surface area contributed by atoms with E-state index in [4.69, 9.17) is 15.0 Å². The molecule has 2 heterocycles. The maximum absolute atomic E-state index is 5.27. The van der Waals surface area contributed by atoms with Crippen LogP contribution in [0.25, 0.3) is 94.7 Å². The van der Waals surface area contributed by atoms with Gasteiger partial charge in [0, 0.05) is 27.5 Å². The average molecular weight is 599 g/mol. The fourth-order valence-corrected chi connectivity index (χ4v) is 7.31. The summed E-state index contributed by atoms with van der Waals surface area (Å²) in [4.78, 5) is 15.6. The largest absolute Gasteiger partial charge is 0.277 e. The van der Waals surface area contributed by atoms with Gasteiger partial charge in [0.05, 0.1) is 11.0 Å². The first-order valence-electron chi connectivity index (χ1n) is 15.9. The van der Waals surface area contributed by atoms with E-state index in [0.29, 0.717) is 17.6 Å². The van der Waals surface area contributed by atoms with Gasteiger partial charge >= 0.3 is 0 Å². The van der Waals surface area contributed by atoms with Crippen molar-refractivity contribution in [3.8, 4) is 62.1 Å². The van der Waals surface area contributed by atoms with Gasteiger partial charge in [0.15, 0.2) is 11.6 Å². The summed E-state index contributed by atoms with van der Waals surface area (Å²) in [6.45, 7) is 0. The first-order valence-corrected chi connectivity index (χ1v) is 15.9. The van der Waals surface area contributed by atoms with Gasteiger partial charge in [-0.15, -0.1) is 0 Å². The summed E-state index contributed by atoms with van der Waals surface area (Å²) >= 11 is 0. The predicted octanol–water partition coefficient (Wildman–Crippen LogP) is 10.8. The second kappa shape index (κ2) is 10.1. The van der Waals surface area contributed by atoms with E-state index in [0.717, 1.165) is 33.3 Å². The Morgan fingerprint density at radius 1 is 0.404 bits per heavy atom. The van der Waals surface area contributed by atoms with E-state index in [-0.39, 0.29) is 0 Å². The van der Waals surface area contributed by atoms with Crippen LogP contribution in [0, 0.1) is 0 Å². The maximum atomic E-state index is 5.27. The third-order valence-electron chi connectivity index (χ3n) is 9.38. The SMILES string of the molecule is c1ccc(-c2cccc(-c3nc(-c4ccccc4)nc(-n4c5ccccc5c5ccc6c(c54)-c4cccc5cccc-6c45)n3)c2)cc1. The summed E-state index contributed by atoms with van der Waals surface area (Å²) in [5.74, 6) is 1.87. The van der Waals surface area contributed by atoms with Crippen molar-refractivity contribution in [3.05, 3.63) is 158 Å². The van der Waals surface area contributed by atoms with Crippen LogP contribution in [0.3, 0.4) is 0 Å². The molecule has 2 aromatic heterocycles. The molecule has 4 heteroatoms. The molecule has 0 atom stereocenters. The molecule has 0 radical (unpaired) electrons. The van der Waals surface area contributed by atoms with Gasteiger partial charge < -0.3 is 0 Å². The Hall–Kier alpha value is -6.39. The number of benzene rings is 7. The highest BCUT2D eigenvalue weighted by Crippen LogP contribution is 2.51. The lowest BCUT2D eigenvalue weighted by molar-refractivity contribution is 0.954. The topological polar surface area (TPSA) is 43.6 Å². The van der Waals surface area contributed by atoms with E-state index in [1.807, 2.05) is 24.3 Å². The Labute approximate surface area is 271 Å². The highest BCUT2D eigenvalue weighted by Gasteiger charge is 2.27. The first kappa shape index (κ1) is 25.9.